The predicted molar refractivity (Wildman–Crippen MR) is 66.2 cm³/mol. The van der Waals surface area contributed by atoms with E-state index >= 15 is 0 Å². The second kappa shape index (κ2) is 4.97. The van der Waals surface area contributed by atoms with E-state index in [-0.39, 0.29) is 17.9 Å². The molecule has 1 aromatic rings. The van der Waals surface area contributed by atoms with E-state index in [0.717, 1.165) is 25.8 Å². The third-order valence-corrected chi connectivity index (χ3v) is 4.40. The topological polar surface area (TPSA) is 55.1 Å². The van der Waals surface area contributed by atoms with Gasteiger partial charge in [0.1, 0.15) is 0 Å². The maximum atomic E-state index is 11.2. The lowest BCUT2D eigenvalue weighted by atomic mass is 10.0. The van der Waals surface area contributed by atoms with Crippen molar-refractivity contribution < 1.29 is 4.79 Å². The standard InChI is InChI=1S/C12H18N2OS/c1-8-5-6-16-11(8)7-14-10-4-2-3-9(10)12(13)15/h5-6,9-10,14H,2-4,7H2,1H3,(H2,13,15). The Morgan fingerprint density at radius 1 is 1.62 bits per heavy atom. The molecule has 3 nitrogen and oxygen atoms in total. The van der Waals surface area contributed by atoms with Crippen molar-refractivity contribution in [2.75, 3.05) is 0 Å². The molecule has 16 heavy (non-hydrogen) atoms. The van der Waals surface area contributed by atoms with E-state index in [4.69, 9.17) is 5.73 Å². The number of primary amides is 1. The molecule has 1 aliphatic rings. The minimum absolute atomic E-state index is 0.0280. The van der Waals surface area contributed by atoms with Crippen LogP contribution < -0.4 is 11.1 Å². The molecule has 88 valence electrons. The van der Waals surface area contributed by atoms with Gasteiger partial charge in [0.05, 0.1) is 5.92 Å². The van der Waals surface area contributed by atoms with Gasteiger partial charge in [0.15, 0.2) is 0 Å². The van der Waals surface area contributed by atoms with Gasteiger partial charge in [-0.3, -0.25) is 4.79 Å². The molecule has 1 aromatic heterocycles. The van der Waals surface area contributed by atoms with Crippen LogP contribution in [0.1, 0.15) is 29.7 Å². The molecule has 0 saturated heterocycles. The van der Waals surface area contributed by atoms with Crippen LogP contribution in [0.3, 0.4) is 0 Å². The van der Waals surface area contributed by atoms with Gasteiger partial charge in [-0.2, -0.15) is 0 Å². The zero-order chi connectivity index (χ0) is 11.5. The summed E-state index contributed by atoms with van der Waals surface area (Å²) in [5.41, 5.74) is 6.72. The Bertz CT molecular complexity index is 375. The Kier molecular flexibility index (Phi) is 3.61. The second-order valence-electron chi connectivity index (χ2n) is 4.45. The Labute approximate surface area is 100 Å². The van der Waals surface area contributed by atoms with E-state index in [1.807, 2.05) is 0 Å². The van der Waals surface area contributed by atoms with Crippen molar-refractivity contribution in [1.29, 1.82) is 0 Å². The van der Waals surface area contributed by atoms with Crippen molar-refractivity contribution >= 4 is 17.2 Å². The summed E-state index contributed by atoms with van der Waals surface area (Å²) in [6.07, 6.45) is 3.11. The Balaban J connectivity index is 1.90. The quantitative estimate of drug-likeness (QED) is 0.840. The SMILES string of the molecule is Cc1ccsc1CNC1CCCC1C(N)=O. The second-order valence-corrected chi connectivity index (χ2v) is 5.45. The molecule has 1 heterocycles. The number of amides is 1. The van der Waals surface area contributed by atoms with Crippen LogP contribution in [-0.4, -0.2) is 11.9 Å². The molecule has 1 aliphatic carbocycles. The van der Waals surface area contributed by atoms with Gasteiger partial charge in [0.25, 0.3) is 0 Å². The highest BCUT2D eigenvalue weighted by Gasteiger charge is 2.30. The smallest absolute Gasteiger partial charge is 0.222 e. The summed E-state index contributed by atoms with van der Waals surface area (Å²) in [6, 6.07) is 2.40. The zero-order valence-electron chi connectivity index (χ0n) is 9.53. The Morgan fingerprint density at radius 3 is 3.06 bits per heavy atom. The summed E-state index contributed by atoms with van der Waals surface area (Å²) < 4.78 is 0. The lowest BCUT2D eigenvalue weighted by Gasteiger charge is -2.18. The molecule has 4 heteroatoms. The summed E-state index contributed by atoms with van der Waals surface area (Å²) in [4.78, 5) is 12.6. The summed E-state index contributed by atoms with van der Waals surface area (Å²) in [7, 11) is 0. The maximum absolute atomic E-state index is 11.2. The fourth-order valence-corrected chi connectivity index (χ4v) is 3.21. The molecule has 2 unspecified atom stereocenters. The molecule has 0 radical (unpaired) electrons. The molecule has 0 bridgehead atoms. The number of thiophene rings is 1. The number of rotatable bonds is 4. The molecule has 1 fully saturated rings. The van der Waals surface area contributed by atoms with Crippen LogP contribution in [-0.2, 0) is 11.3 Å². The van der Waals surface area contributed by atoms with Crippen LogP contribution in [0.25, 0.3) is 0 Å². The largest absolute Gasteiger partial charge is 0.369 e. The van der Waals surface area contributed by atoms with Crippen molar-refractivity contribution in [1.82, 2.24) is 5.32 Å². The van der Waals surface area contributed by atoms with Gasteiger partial charge in [0.2, 0.25) is 5.91 Å². The summed E-state index contributed by atoms with van der Waals surface area (Å²) in [6.45, 7) is 2.98. The maximum Gasteiger partial charge on any atom is 0.222 e. The molecule has 1 saturated carbocycles. The van der Waals surface area contributed by atoms with Crippen molar-refractivity contribution in [3.63, 3.8) is 0 Å². The molecule has 0 aliphatic heterocycles. The normalized spacial score (nSPS) is 24.8. The number of hydrogen-bond acceptors (Lipinski definition) is 3. The lowest BCUT2D eigenvalue weighted by molar-refractivity contribution is -0.122. The Hall–Kier alpha value is -0.870. The zero-order valence-corrected chi connectivity index (χ0v) is 10.3. The van der Waals surface area contributed by atoms with Crippen LogP contribution in [0.4, 0.5) is 0 Å². The highest BCUT2D eigenvalue weighted by molar-refractivity contribution is 7.10. The molecule has 1 amide bonds. The van der Waals surface area contributed by atoms with E-state index in [0.29, 0.717) is 0 Å². The van der Waals surface area contributed by atoms with E-state index in [9.17, 15) is 4.79 Å². The van der Waals surface area contributed by atoms with Crippen LogP contribution in [0.2, 0.25) is 0 Å². The molecular weight excluding hydrogens is 220 g/mol. The average Bonchev–Trinajstić information content (AvgIpc) is 2.83. The summed E-state index contributed by atoms with van der Waals surface area (Å²) in [5, 5.41) is 5.57. The number of carbonyl (C=O) groups is 1. The minimum atomic E-state index is -0.155. The van der Waals surface area contributed by atoms with Gasteiger partial charge >= 0.3 is 0 Å². The third-order valence-electron chi connectivity index (χ3n) is 3.37. The van der Waals surface area contributed by atoms with E-state index in [2.05, 4.69) is 23.7 Å². The Morgan fingerprint density at radius 2 is 2.44 bits per heavy atom. The molecule has 2 rings (SSSR count). The third kappa shape index (κ3) is 2.44. The average molecular weight is 238 g/mol. The van der Waals surface area contributed by atoms with Gasteiger partial charge < -0.3 is 11.1 Å². The van der Waals surface area contributed by atoms with E-state index < -0.39 is 0 Å². The molecule has 0 spiro atoms. The highest BCUT2D eigenvalue weighted by Crippen LogP contribution is 2.26. The monoisotopic (exact) mass is 238 g/mol. The number of carbonyl (C=O) groups excluding carboxylic acids is 1. The van der Waals surface area contributed by atoms with Gasteiger partial charge in [0, 0.05) is 17.5 Å². The molecular formula is C12H18N2OS. The number of nitrogens with one attached hydrogen (secondary N) is 1. The predicted octanol–water partition coefficient (Wildman–Crippen LogP) is 1.80. The van der Waals surface area contributed by atoms with Crippen LogP contribution in [0.5, 0.6) is 0 Å². The van der Waals surface area contributed by atoms with Crippen LogP contribution >= 0.6 is 11.3 Å². The first kappa shape index (κ1) is 11.6. The first-order valence-electron chi connectivity index (χ1n) is 5.74. The minimum Gasteiger partial charge on any atom is -0.369 e. The van der Waals surface area contributed by atoms with Crippen molar-refractivity contribution in [2.45, 2.75) is 38.8 Å². The van der Waals surface area contributed by atoms with Gasteiger partial charge in [-0.1, -0.05) is 6.42 Å². The van der Waals surface area contributed by atoms with Gasteiger partial charge in [-0.05, 0) is 36.8 Å². The lowest BCUT2D eigenvalue weighted by Crippen LogP contribution is -2.38. The number of hydrogen-bond donors (Lipinski definition) is 2. The fourth-order valence-electron chi connectivity index (χ4n) is 2.35. The van der Waals surface area contributed by atoms with Crippen molar-refractivity contribution in [2.24, 2.45) is 11.7 Å². The first-order valence-corrected chi connectivity index (χ1v) is 6.62. The number of aryl methyl sites for hydroxylation is 1. The molecule has 0 aromatic carbocycles. The highest BCUT2D eigenvalue weighted by atomic mass is 32.1. The molecule has 3 N–H and O–H groups in total. The van der Waals surface area contributed by atoms with Crippen LogP contribution in [0, 0.1) is 12.8 Å². The van der Waals surface area contributed by atoms with E-state index in [1.165, 1.54) is 10.4 Å². The molecule has 2 atom stereocenters. The summed E-state index contributed by atoms with van der Waals surface area (Å²) >= 11 is 1.76. The van der Waals surface area contributed by atoms with Gasteiger partial charge in [-0.15, -0.1) is 11.3 Å². The van der Waals surface area contributed by atoms with Gasteiger partial charge in [-0.25, -0.2) is 0 Å². The number of nitrogens with two attached hydrogens (primary N) is 1. The van der Waals surface area contributed by atoms with Crippen LogP contribution in [0.15, 0.2) is 11.4 Å². The first-order chi connectivity index (χ1) is 7.68. The summed E-state index contributed by atoms with van der Waals surface area (Å²) in [5.74, 6) is -0.127. The van der Waals surface area contributed by atoms with Crippen molar-refractivity contribution in [3.8, 4) is 0 Å². The van der Waals surface area contributed by atoms with Crippen molar-refractivity contribution in [3.05, 3.63) is 21.9 Å². The fraction of sp³-hybridized carbons (Fsp3) is 0.583. The van der Waals surface area contributed by atoms with E-state index in [1.54, 1.807) is 11.3 Å².